The van der Waals surface area contributed by atoms with Crippen LogP contribution < -0.4 is 11.1 Å². The number of hydrogen-bond donors (Lipinski definition) is 2. The molecule has 1 aromatic rings. The van der Waals surface area contributed by atoms with Crippen molar-refractivity contribution in [1.82, 2.24) is 5.32 Å². The highest BCUT2D eigenvalue weighted by molar-refractivity contribution is 6.30. The zero-order valence-corrected chi connectivity index (χ0v) is 11.9. The van der Waals surface area contributed by atoms with Crippen LogP contribution in [0.3, 0.4) is 0 Å². The van der Waals surface area contributed by atoms with E-state index in [1.807, 2.05) is 31.2 Å². The van der Waals surface area contributed by atoms with Gasteiger partial charge in [-0.25, -0.2) is 0 Å². The van der Waals surface area contributed by atoms with Crippen LogP contribution in [0.4, 0.5) is 0 Å². The van der Waals surface area contributed by atoms with Gasteiger partial charge in [-0.2, -0.15) is 0 Å². The van der Waals surface area contributed by atoms with Crippen molar-refractivity contribution in [3.05, 3.63) is 34.9 Å². The molecule has 0 heterocycles. The van der Waals surface area contributed by atoms with Crippen LogP contribution in [-0.2, 0) is 4.79 Å². The van der Waals surface area contributed by atoms with Gasteiger partial charge in [-0.1, -0.05) is 37.6 Å². The van der Waals surface area contributed by atoms with Crippen LogP contribution in [0, 0.1) is 5.92 Å². The highest BCUT2D eigenvalue weighted by atomic mass is 35.5. The Morgan fingerprint density at radius 1 is 1.28 bits per heavy atom. The van der Waals surface area contributed by atoms with Crippen LogP contribution in [0.15, 0.2) is 24.3 Å². The van der Waals surface area contributed by atoms with Gasteiger partial charge in [-0.05, 0) is 37.0 Å². The van der Waals surface area contributed by atoms with E-state index in [4.69, 9.17) is 17.3 Å². The van der Waals surface area contributed by atoms with Gasteiger partial charge in [0.1, 0.15) is 0 Å². The lowest BCUT2D eigenvalue weighted by Crippen LogP contribution is -2.42. The van der Waals surface area contributed by atoms with E-state index < -0.39 is 6.04 Å². The van der Waals surface area contributed by atoms with Gasteiger partial charge in [-0.15, -0.1) is 0 Å². The van der Waals surface area contributed by atoms with E-state index >= 15 is 0 Å². The molecule has 0 saturated carbocycles. The molecule has 0 aliphatic rings. The molecule has 0 spiro atoms. The van der Waals surface area contributed by atoms with E-state index in [9.17, 15) is 4.79 Å². The maximum absolute atomic E-state index is 11.9. The summed E-state index contributed by atoms with van der Waals surface area (Å²) < 4.78 is 0. The van der Waals surface area contributed by atoms with E-state index in [0.717, 1.165) is 5.56 Å². The fraction of sp³-hybridized carbons (Fsp3) is 0.500. The molecule has 0 aromatic heterocycles. The maximum Gasteiger partial charge on any atom is 0.237 e. The van der Waals surface area contributed by atoms with Gasteiger partial charge in [0.25, 0.3) is 0 Å². The van der Waals surface area contributed by atoms with Crippen molar-refractivity contribution in [3.8, 4) is 0 Å². The van der Waals surface area contributed by atoms with E-state index in [0.29, 0.717) is 17.4 Å². The number of benzene rings is 1. The normalized spacial score (nSPS) is 14.3. The number of halogens is 1. The zero-order valence-electron chi connectivity index (χ0n) is 11.1. The summed E-state index contributed by atoms with van der Waals surface area (Å²) in [7, 11) is 0. The molecule has 0 saturated heterocycles. The predicted octanol–water partition coefficient (Wildman–Crippen LogP) is 2.89. The van der Waals surface area contributed by atoms with Crippen LogP contribution in [0.25, 0.3) is 0 Å². The molecule has 3 N–H and O–H groups in total. The molecular weight excluding hydrogens is 248 g/mol. The van der Waals surface area contributed by atoms with Crippen LogP contribution in [-0.4, -0.2) is 11.9 Å². The summed E-state index contributed by atoms with van der Waals surface area (Å²) in [5.41, 5.74) is 6.85. The number of nitrogens with two attached hydrogens (primary N) is 1. The summed E-state index contributed by atoms with van der Waals surface area (Å²) in [6.07, 6.45) is 0.694. The first-order chi connectivity index (χ1) is 8.40. The molecule has 100 valence electrons. The second-order valence-electron chi connectivity index (χ2n) is 5.02. The third kappa shape index (κ3) is 4.67. The lowest BCUT2D eigenvalue weighted by Gasteiger charge is -2.19. The quantitative estimate of drug-likeness (QED) is 0.863. The highest BCUT2D eigenvalue weighted by Crippen LogP contribution is 2.16. The molecule has 2 atom stereocenters. The molecule has 0 aliphatic heterocycles. The first kappa shape index (κ1) is 15.0. The summed E-state index contributed by atoms with van der Waals surface area (Å²) in [5.74, 6) is 0.308. The largest absolute Gasteiger partial charge is 0.348 e. The van der Waals surface area contributed by atoms with Crippen molar-refractivity contribution >= 4 is 17.5 Å². The third-order valence-electron chi connectivity index (χ3n) is 2.79. The molecule has 1 aromatic carbocycles. The molecule has 4 heteroatoms. The second-order valence-corrected chi connectivity index (χ2v) is 5.45. The summed E-state index contributed by atoms with van der Waals surface area (Å²) in [6, 6.07) is 6.93. The number of rotatable bonds is 5. The van der Waals surface area contributed by atoms with Crippen molar-refractivity contribution in [2.75, 3.05) is 0 Å². The average molecular weight is 269 g/mol. The molecular formula is C14H21ClN2O. The van der Waals surface area contributed by atoms with Crippen LogP contribution in [0.5, 0.6) is 0 Å². The molecule has 18 heavy (non-hydrogen) atoms. The second kappa shape index (κ2) is 6.76. The Bertz CT molecular complexity index is 389. The average Bonchev–Trinajstić information content (AvgIpc) is 2.28. The number of carbonyl (C=O) groups is 1. The van der Waals surface area contributed by atoms with Gasteiger partial charge in [0.15, 0.2) is 0 Å². The van der Waals surface area contributed by atoms with Crippen molar-refractivity contribution in [1.29, 1.82) is 0 Å². The summed E-state index contributed by atoms with van der Waals surface area (Å²) >= 11 is 5.82. The van der Waals surface area contributed by atoms with E-state index in [1.54, 1.807) is 0 Å². The van der Waals surface area contributed by atoms with Crippen molar-refractivity contribution in [2.45, 2.75) is 39.3 Å². The van der Waals surface area contributed by atoms with E-state index in [2.05, 4.69) is 19.2 Å². The zero-order chi connectivity index (χ0) is 13.7. The number of amides is 1. The summed E-state index contributed by atoms with van der Waals surface area (Å²) in [5, 5.41) is 3.60. The molecule has 0 bridgehead atoms. The van der Waals surface area contributed by atoms with E-state index in [-0.39, 0.29) is 11.9 Å². The van der Waals surface area contributed by atoms with Crippen LogP contribution >= 0.6 is 11.6 Å². The Morgan fingerprint density at radius 2 is 1.83 bits per heavy atom. The standard InChI is InChI=1S/C14H21ClN2O/c1-9(2)8-13(16)14(18)17-10(3)11-4-6-12(15)7-5-11/h4-7,9-10,13H,8,16H2,1-3H3,(H,17,18)/t10-,13+/m0/s1. The van der Waals surface area contributed by atoms with Gasteiger partial charge < -0.3 is 11.1 Å². The molecule has 1 rings (SSSR count). The number of carbonyl (C=O) groups excluding carboxylic acids is 1. The van der Waals surface area contributed by atoms with Crippen LogP contribution in [0.1, 0.15) is 38.8 Å². The Hall–Kier alpha value is -1.06. The maximum atomic E-state index is 11.9. The Balaban J connectivity index is 2.56. The van der Waals surface area contributed by atoms with Crippen molar-refractivity contribution < 1.29 is 4.79 Å². The number of nitrogens with one attached hydrogen (secondary N) is 1. The fourth-order valence-corrected chi connectivity index (χ4v) is 1.90. The minimum atomic E-state index is -0.445. The highest BCUT2D eigenvalue weighted by Gasteiger charge is 2.17. The van der Waals surface area contributed by atoms with Crippen LogP contribution in [0.2, 0.25) is 5.02 Å². The van der Waals surface area contributed by atoms with Crippen molar-refractivity contribution in [3.63, 3.8) is 0 Å². The fourth-order valence-electron chi connectivity index (χ4n) is 1.77. The van der Waals surface area contributed by atoms with Crippen molar-refractivity contribution in [2.24, 2.45) is 11.7 Å². The lowest BCUT2D eigenvalue weighted by molar-refractivity contribution is -0.123. The molecule has 0 fully saturated rings. The molecule has 3 nitrogen and oxygen atoms in total. The predicted molar refractivity (Wildman–Crippen MR) is 75.4 cm³/mol. The molecule has 1 amide bonds. The van der Waals surface area contributed by atoms with Gasteiger partial charge in [0.2, 0.25) is 5.91 Å². The van der Waals surface area contributed by atoms with Gasteiger partial charge >= 0.3 is 0 Å². The number of hydrogen-bond acceptors (Lipinski definition) is 2. The molecule has 0 unspecified atom stereocenters. The summed E-state index contributed by atoms with van der Waals surface area (Å²) in [6.45, 7) is 6.04. The monoisotopic (exact) mass is 268 g/mol. The Morgan fingerprint density at radius 3 is 2.33 bits per heavy atom. The SMILES string of the molecule is CC(C)C[C@@H](N)C(=O)N[C@@H](C)c1ccc(Cl)cc1. The topological polar surface area (TPSA) is 55.1 Å². The first-order valence-corrected chi connectivity index (χ1v) is 6.59. The molecule has 0 radical (unpaired) electrons. The lowest BCUT2D eigenvalue weighted by atomic mass is 10.0. The molecule has 0 aliphatic carbocycles. The van der Waals surface area contributed by atoms with Gasteiger partial charge in [-0.3, -0.25) is 4.79 Å². The Kier molecular flexibility index (Phi) is 5.63. The third-order valence-corrected chi connectivity index (χ3v) is 3.04. The van der Waals surface area contributed by atoms with Gasteiger partial charge in [0.05, 0.1) is 12.1 Å². The minimum Gasteiger partial charge on any atom is -0.348 e. The smallest absolute Gasteiger partial charge is 0.237 e. The first-order valence-electron chi connectivity index (χ1n) is 6.21. The van der Waals surface area contributed by atoms with E-state index in [1.165, 1.54) is 0 Å². The Labute approximate surface area is 114 Å². The minimum absolute atomic E-state index is 0.0621. The van der Waals surface area contributed by atoms with Gasteiger partial charge in [0, 0.05) is 5.02 Å². The summed E-state index contributed by atoms with van der Waals surface area (Å²) in [4.78, 5) is 11.9.